The number of hydrogen-bond acceptors (Lipinski definition) is 4. The molecule has 4 unspecified atom stereocenters. The zero-order valence-corrected chi connectivity index (χ0v) is 17.7. The van der Waals surface area contributed by atoms with Crippen molar-refractivity contribution >= 4 is 0 Å². The summed E-state index contributed by atoms with van der Waals surface area (Å²) in [5, 5.41) is 0. The van der Waals surface area contributed by atoms with Crippen molar-refractivity contribution < 1.29 is 18.9 Å². The van der Waals surface area contributed by atoms with E-state index in [2.05, 4.69) is 65.8 Å². The van der Waals surface area contributed by atoms with Crippen LogP contribution in [0.4, 0.5) is 0 Å². The Morgan fingerprint density at radius 2 is 0.929 bits per heavy atom. The van der Waals surface area contributed by atoms with Gasteiger partial charge in [0.2, 0.25) is 0 Å². The lowest BCUT2D eigenvalue weighted by molar-refractivity contribution is 0.258. The van der Waals surface area contributed by atoms with E-state index in [1.54, 1.807) is 0 Å². The average Bonchev–Trinajstić information content (AvgIpc) is 3.52. The van der Waals surface area contributed by atoms with Crippen molar-refractivity contribution in [2.24, 2.45) is 0 Å². The van der Waals surface area contributed by atoms with E-state index < -0.39 is 0 Å². The summed E-state index contributed by atoms with van der Waals surface area (Å²) < 4.78 is 23.0. The van der Waals surface area contributed by atoms with E-state index in [1.165, 1.54) is 11.1 Å². The van der Waals surface area contributed by atoms with Crippen molar-refractivity contribution in [3.05, 3.63) is 46.5 Å². The molecule has 28 heavy (non-hydrogen) atoms. The molecule has 2 aliphatic rings. The third-order valence-electron chi connectivity index (χ3n) is 5.71. The fourth-order valence-electron chi connectivity index (χ4n) is 3.83. The number of ether oxygens (including phenoxy) is 4. The molecule has 0 amide bonds. The van der Waals surface area contributed by atoms with Crippen LogP contribution >= 0.6 is 0 Å². The Bertz CT molecular complexity index is 769. The molecular formula is C24H30O4. The van der Waals surface area contributed by atoms with Crippen molar-refractivity contribution in [1.82, 2.24) is 0 Å². The number of benzene rings is 2. The van der Waals surface area contributed by atoms with E-state index in [1.807, 2.05) is 0 Å². The molecule has 2 heterocycles. The molecule has 4 atom stereocenters. The molecule has 2 fully saturated rings. The first-order chi connectivity index (χ1) is 13.3. The maximum absolute atomic E-state index is 6.03. The minimum atomic E-state index is 0.236. The van der Waals surface area contributed by atoms with Gasteiger partial charge in [-0.3, -0.25) is 0 Å². The van der Waals surface area contributed by atoms with Gasteiger partial charge in [0.05, 0.1) is 12.2 Å². The number of aryl methyl sites for hydroxylation is 4. The van der Waals surface area contributed by atoms with E-state index in [-0.39, 0.29) is 12.2 Å². The standard InChI is InChI=1S/C24H30O4/c1-13-7-19(8-14(2)23(13)25-11-21-17(5)27-21)20-9-15(3)24(16(4)10-20)26-12-22-18(6)28-22/h7-10,17-18,21-22H,11-12H2,1-6H3. The molecule has 0 spiro atoms. The summed E-state index contributed by atoms with van der Waals surface area (Å²) in [5.74, 6) is 1.94. The van der Waals surface area contributed by atoms with Crippen LogP contribution in [0.25, 0.3) is 11.1 Å². The Kier molecular flexibility index (Phi) is 5.11. The second-order valence-corrected chi connectivity index (χ2v) is 8.26. The van der Waals surface area contributed by atoms with Crippen LogP contribution in [0.3, 0.4) is 0 Å². The van der Waals surface area contributed by atoms with Crippen molar-refractivity contribution in [2.45, 2.75) is 66.0 Å². The van der Waals surface area contributed by atoms with Gasteiger partial charge in [0.1, 0.15) is 36.9 Å². The molecule has 0 aliphatic carbocycles. The summed E-state index contributed by atoms with van der Waals surface area (Å²) in [6.07, 6.45) is 1.11. The van der Waals surface area contributed by atoms with Crippen LogP contribution in [0.15, 0.2) is 24.3 Å². The molecular weight excluding hydrogens is 352 g/mol. The molecule has 150 valence electrons. The highest BCUT2D eigenvalue weighted by Gasteiger charge is 2.35. The zero-order chi connectivity index (χ0) is 20.0. The molecule has 4 nitrogen and oxygen atoms in total. The van der Waals surface area contributed by atoms with E-state index in [9.17, 15) is 0 Å². The van der Waals surface area contributed by atoms with Crippen molar-refractivity contribution in [1.29, 1.82) is 0 Å². The molecule has 4 heteroatoms. The molecule has 2 aromatic rings. The van der Waals surface area contributed by atoms with Crippen LogP contribution in [0.2, 0.25) is 0 Å². The molecule has 0 saturated carbocycles. The largest absolute Gasteiger partial charge is 0.490 e. The van der Waals surface area contributed by atoms with E-state index in [0.717, 1.165) is 33.8 Å². The first kappa shape index (κ1) is 19.3. The van der Waals surface area contributed by atoms with Crippen molar-refractivity contribution in [3.8, 4) is 22.6 Å². The van der Waals surface area contributed by atoms with Crippen LogP contribution in [0.5, 0.6) is 11.5 Å². The van der Waals surface area contributed by atoms with Gasteiger partial charge >= 0.3 is 0 Å². The molecule has 2 saturated heterocycles. The van der Waals surface area contributed by atoms with Crippen LogP contribution in [-0.4, -0.2) is 37.6 Å². The highest BCUT2D eigenvalue weighted by Crippen LogP contribution is 2.35. The fraction of sp³-hybridized carbons (Fsp3) is 0.500. The SMILES string of the molecule is Cc1cc(-c2cc(C)c(OCC3OC3C)c(C)c2)cc(C)c1OCC1OC1C. The van der Waals surface area contributed by atoms with E-state index >= 15 is 0 Å². The summed E-state index contributed by atoms with van der Waals surface area (Å²) in [6, 6.07) is 8.81. The molecule has 0 N–H and O–H groups in total. The maximum Gasteiger partial charge on any atom is 0.125 e. The molecule has 2 aromatic carbocycles. The maximum atomic E-state index is 6.03. The van der Waals surface area contributed by atoms with Gasteiger partial charge in [0.25, 0.3) is 0 Å². The second-order valence-electron chi connectivity index (χ2n) is 8.26. The van der Waals surface area contributed by atoms with E-state index in [0.29, 0.717) is 25.4 Å². The highest BCUT2D eigenvalue weighted by atomic mass is 16.6. The minimum Gasteiger partial charge on any atom is -0.490 e. The van der Waals surface area contributed by atoms with Crippen LogP contribution in [0, 0.1) is 27.7 Å². The van der Waals surface area contributed by atoms with Gasteiger partial charge in [-0.25, -0.2) is 0 Å². The van der Waals surface area contributed by atoms with Gasteiger partial charge in [-0.15, -0.1) is 0 Å². The van der Waals surface area contributed by atoms with Gasteiger partial charge in [0, 0.05) is 0 Å². The van der Waals surface area contributed by atoms with Crippen LogP contribution < -0.4 is 9.47 Å². The van der Waals surface area contributed by atoms with E-state index in [4.69, 9.17) is 18.9 Å². The third kappa shape index (κ3) is 4.03. The molecule has 2 aliphatic heterocycles. The number of epoxide rings is 2. The van der Waals surface area contributed by atoms with Crippen LogP contribution in [-0.2, 0) is 9.47 Å². The summed E-state index contributed by atoms with van der Waals surface area (Å²) in [5.41, 5.74) is 7.01. The smallest absolute Gasteiger partial charge is 0.125 e. The Balaban J connectivity index is 1.52. The molecule has 0 radical (unpaired) electrons. The Labute approximate surface area is 167 Å². The quantitative estimate of drug-likeness (QED) is 0.638. The molecule has 0 bridgehead atoms. The molecule has 4 rings (SSSR count). The Morgan fingerprint density at radius 1 is 0.643 bits per heavy atom. The predicted molar refractivity (Wildman–Crippen MR) is 110 cm³/mol. The third-order valence-corrected chi connectivity index (χ3v) is 5.71. The molecule has 0 aromatic heterocycles. The average molecular weight is 383 g/mol. The summed E-state index contributed by atoms with van der Waals surface area (Å²) >= 11 is 0. The Morgan fingerprint density at radius 3 is 1.18 bits per heavy atom. The number of hydrogen-bond donors (Lipinski definition) is 0. The Hall–Kier alpha value is -2.04. The van der Waals surface area contributed by atoms with Gasteiger partial charge < -0.3 is 18.9 Å². The van der Waals surface area contributed by atoms with Crippen LogP contribution in [0.1, 0.15) is 36.1 Å². The van der Waals surface area contributed by atoms with Gasteiger partial charge in [-0.1, -0.05) is 0 Å². The fourth-order valence-corrected chi connectivity index (χ4v) is 3.83. The highest BCUT2D eigenvalue weighted by molar-refractivity contribution is 5.70. The van der Waals surface area contributed by atoms with Crippen molar-refractivity contribution in [2.75, 3.05) is 13.2 Å². The minimum absolute atomic E-state index is 0.236. The summed E-state index contributed by atoms with van der Waals surface area (Å²) in [4.78, 5) is 0. The first-order valence-electron chi connectivity index (χ1n) is 10.1. The summed E-state index contributed by atoms with van der Waals surface area (Å²) in [6.45, 7) is 13.8. The normalized spacial score (nSPS) is 25.5. The van der Waals surface area contributed by atoms with Gasteiger partial charge in [-0.05, 0) is 99.2 Å². The lowest BCUT2D eigenvalue weighted by atomic mass is 9.96. The summed E-state index contributed by atoms with van der Waals surface area (Å²) in [7, 11) is 0. The lowest BCUT2D eigenvalue weighted by Gasteiger charge is -2.16. The number of rotatable bonds is 7. The van der Waals surface area contributed by atoms with Crippen molar-refractivity contribution in [3.63, 3.8) is 0 Å². The predicted octanol–water partition coefficient (Wildman–Crippen LogP) is 4.92. The zero-order valence-electron chi connectivity index (χ0n) is 17.7. The van der Waals surface area contributed by atoms with Gasteiger partial charge in [0.15, 0.2) is 0 Å². The lowest BCUT2D eigenvalue weighted by Crippen LogP contribution is -2.08. The first-order valence-corrected chi connectivity index (χ1v) is 10.1. The monoisotopic (exact) mass is 382 g/mol. The van der Waals surface area contributed by atoms with Gasteiger partial charge in [-0.2, -0.15) is 0 Å². The topological polar surface area (TPSA) is 43.5 Å². The second kappa shape index (κ2) is 7.41.